The molecule has 0 aromatic heterocycles. The number of nitrogens with one attached hydrogen (secondary N) is 2. The van der Waals surface area contributed by atoms with Crippen LogP contribution in [-0.4, -0.2) is 49.6 Å². The Bertz CT molecular complexity index is 570. The zero-order chi connectivity index (χ0) is 21.4. The Labute approximate surface area is 180 Å². The third-order valence-corrected chi connectivity index (χ3v) is 8.44. The Morgan fingerprint density at radius 2 is 1.72 bits per heavy atom. The normalized spacial score (nSPS) is 33.8. The van der Waals surface area contributed by atoms with E-state index < -0.39 is 0 Å². The first kappa shape index (κ1) is 23.1. The van der Waals surface area contributed by atoms with Gasteiger partial charge in [0.25, 0.3) is 0 Å². The number of carbonyl (C=O) groups excluding carboxylic acids is 1. The van der Waals surface area contributed by atoms with Gasteiger partial charge in [-0.1, -0.05) is 48.5 Å². The molecule has 29 heavy (non-hydrogen) atoms. The summed E-state index contributed by atoms with van der Waals surface area (Å²) in [6.45, 7) is 22.6. The minimum absolute atomic E-state index is 0.126. The molecule has 2 N–H and O–H groups in total. The molecule has 0 aromatic rings. The quantitative estimate of drug-likeness (QED) is 0.692. The van der Waals surface area contributed by atoms with E-state index in [1.807, 2.05) is 0 Å². The van der Waals surface area contributed by atoms with E-state index in [0.29, 0.717) is 29.2 Å². The first-order chi connectivity index (χ1) is 13.4. The number of carbonyl (C=O) groups is 1. The van der Waals surface area contributed by atoms with Gasteiger partial charge >= 0.3 is 0 Å². The summed E-state index contributed by atoms with van der Waals surface area (Å²) in [5, 5.41) is 6.92. The van der Waals surface area contributed by atoms with Gasteiger partial charge in [0.15, 0.2) is 0 Å². The molecule has 0 saturated carbocycles. The van der Waals surface area contributed by atoms with Gasteiger partial charge in [0.1, 0.15) is 0 Å². The van der Waals surface area contributed by atoms with Crippen LogP contribution in [0, 0.1) is 34.0 Å². The Kier molecular flexibility index (Phi) is 6.75. The summed E-state index contributed by atoms with van der Waals surface area (Å²) >= 11 is 0. The molecule has 0 radical (unpaired) electrons. The number of rotatable bonds is 6. The van der Waals surface area contributed by atoms with Crippen LogP contribution in [0.25, 0.3) is 0 Å². The predicted molar refractivity (Wildman–Crippen MR) is 122 cm³/mol. The van der Waals surface area contributed by atoms with Crippen molar-refractivity contribution in [2.45, 2.75) is 86.6 Å². The molecule has 3 saturated heterocycles. The van der Waals surface area contributed by atoms with Crippen molar-refractivity contribution in [2.75, 3.05) is 32.7 Å². The Hall–Kier alpha value is -0.610. The van der Waals surface area contributed by atoms with Crippen molar-refractivity contribution in [3.8, 4) is 0 Å². The van der Waals surface area contributed by atoms with Gasteiger partial charge in [-0.05, 0) is 85.9 Å². The summed E-state index contributed by atoms with van der Waals surface area (Å²) in [7, 11) is 0. The molecule has 4 heteroatoms. The van der Waals surface area contributed by atoms with E-state index in [0.717, 1.165) is 24.9 Å². The number of hydrogen-bond acceptors (Lipinski definition) is 3. The zero-order valence-electron chi connectivity index (χ0n) is 20.2. The lowest BCUT2D eigenvalue weighted by Gasteiger charge is -2.42. The van der Waals surface area contributed by atoms with Gasteiger partial charge in [0, 0.05) is 19.0 Å². The first-order valence-corrected chi connectivity index (χ1v) is 12.1. The van der Waals surface area contributed by atoms with Gasteiger partial charge in [-0.15, -0.1) is 0 Å². The lowest BCUT2D eigenvalue weighted by Crippen LogP contribution is -2.43. The predicted octanol–water partition coefficient (Wildman–Crippen LogP) is 4.30. The highest BCUT2D eigenvalue weighted by Crippen LogP contribution is 2.46. The minimum Gasteiger partial charge on any atom is -0.353 e. The van der Waals surface area contributed by atoms with E-state index in [1.165, 1.54) is 45.3 Å². The summed E-state index contributed by atoms with van der Waals surface area (Å²) < 4.78 is 0. The molecule has 3 aliphatic rings. The van der Waals surface area contributed by atoms with Crippen LogP contribution in [0.15, 0.2) is 0 Å². The van der Waals surface area contributed by atoms with Gasteiger partial charge in [-0.25, -0.2) is 0 Å². The lowest BCUT2D eigenvalue weighted by molar-refractivity contribution is -0.119. The number of likely N-dealkylation sites (tertiary alicyclic amines) is 1. The highest BCUT2D eigenvalue weighted by atomic mass is 16.2. The summed E-state index contributed by atoms with van der Waals surface area (Å²) in [5.41, 5.74) is 0.855. The second-order valence-electron chi connectivity index (χ2n) is 12.8. The van der Waals surface area contributed by atoms with Gasteiger partial charge in [0.05, 0.1) is 0 Å². The van der Waals surface area contributed by atoms with E-state index in [4.69, 9.17) is 0 Å². The molecule has 3 heterocycles. The maximum atomic E-state index is 12.3. The van der Waals surface area contributed by atoms with Crippen molar-refractivity contribution in [3.05, 3.63) is 0 Å². The summed E-state index contributed by atoms with van der Waals surface area (Å²) in [6, 6.07) is 0.306. The van der Waals surface area contributed by atoms with Crippen LogP contribution in [0.5, 0.6) is 0 Å². The zero-order valence-corrected chi connectivity index (χ0v) is 20.2. The Morgan fingerprint density at radius 1 is 1.00 bits per heavy atom. The highest BCUT2D eigenvalue weighted by molar-refractivity contribution is 5.79. The van der Waals surface area contributed by atoms with E-state index in [9.17, 15) is 4.79 Å². The van der Waals surface area contributed by atoms with E-state index in [1.54, 1.807) is 0 Å². The van der Waals surface area contributed by atoms with Crippen LogP contribution in [0.3, 0.4) is 0 Å². The van der Waals surface area contributed by atoms with E-state index in [2.05, 4.69) is 64.0 Å². The molecule has 3 fully saturated rings. The Morgan fingerprint density at radius 3 is 2.28 bits per heavy atom. The molecule has 0 aromatic carbocycles. The lowest BCUT2D eigenvalue weighted by atomic mass is 9.65. The van der Waals surface area contributed by atoms with Crippen molar-refractivity contribution in [1.82, 2.24) is 15.5 Å². The standard InChI is InChI=1S/C25H47N3O/c1-23(2,3)20-9-12-28(17-20)13-10-25(7,19-8-11-26-16-19)15-18-14-21(29)27-22(18)24(4,5)6/h18-20,22,26H,8-17H2,1-7H3,(H,27,29). The highest BCUT2D eigenvalue weighted by Gasteiger charge is 2.46. The van der Waals surface area contributed by atoms with Crippen molar-refractivity contribution in [2.24, 2.45) is 34.0 Å². The molecule has 1 amide bonds. The fourth-order valence-electron chi connectivity index (χ4n) is 6.30. The number of amides is 1. The monoisotopic (exact) mass is 405 g/mol. The second kappa shape index (κ2) is 8.49. The molecular formula is C25H47N3O. The Balaban J connectivity index is 1.67. The molecule has 168 valence electrons. The van der Waals surface area contributed by atoms with Crippen LogP contribution in [0.4, 0.5) is 0 Å². The average Bonchev–Trinajstić information content (AvgIpc) is 3.32. The molecule has 3 aliphatic heterocycles. The first-order valence-electron chi connectivity index (χ1n) is 12.1. The molecule has 0 aliphatic carbocycles. The molecule has 0 bridgehead atoms. The average molecular weight is 406 g/mol. The van der Waals surface area contributed by atoms with Crippen molar-refractivity contribution < 1.29 is 4.79 Å². The number of nitrogens with zero attached hydrogens (tertiary/aromatic N) is 1. The topological polar surface area (TPSA) is 44.4 Å². The van der Waals surface area contributed by atoms with Gasteiger partial charge in [-0.2, -0.15) is 0 Å². The fraction of sp³-hybridized carbons (Fsp3) is 0.960. The molecule has 5 unspecified atom stereocenters. The second-order valence-corrected chi connectivity index (χ2v) is 12.8. The van der Waals surface area contributed by atoms with E-state index >= 15 is 0 Å². The molecule has 5 atom stereocenters. The van der Waals surface area contributed by atoms with Crippen molar-refractivity contribution in [3.63, 3.8) is 0 Å². The van der Waals surface area contributed by atoms with Crippen LogP contribution in [-0.2, 0) is 4.79 Å². The van der Waals surface area contributed by atoms with Crippen LogP contribution in [0.2, 0.25) is 0 Å². The maximum absolute atomic E-state index is 12.3. The van der Waals surface area contributed by atoms with Crippen molar-refractivity contribution in [1.29, 1.82) is 0 Å². The summed E-state index contributed by atoms with van der Waals surface area (Å²) in [4.78, 5) is 15.0. The van der Waals surface area contributed by atoms with Crippen LogP contribution < -0.4 is 10.6 Å². The van der Waals surface area contributed by atoms with Crippen LogP contribution >= 0.6 is 0 Å². The van der Waals surface area contributed by atoms with E-state index in [-0.39, 0.29) is 11.3 Å². The molecule has 3 rings (SSSR count). The minimum atomic E-state index is 0.126. The number of hydrogen-bond donors (Lipinski definition) is 2. The smallest absolute Gasteiger partial charge is 0.220 e. The third-order valence-electron chi connectivity index (χ3n) is 8.44. The third kappa shape index (κ3) is 5.55. The maximum Gasteiger partial charge on any atom is 0.220 e. The van der Waals surface area contributed by atoms with Gasteiger partial charge < -0.3 is 15.5 Å². The summed E-state index contributed by atoms with van der Waals surface area (Å²) in [5.74, 6) is 2.28. The van der Waals surface area contributed by atoms with Crippen molar-refractivity contribution >= 4 is 5.91 Å². The van der Waals surface area contributed by atoms with Gasteiger partial charge in [0.2, 0.25) is 5.91 Å². The van der Waals surface area contributed by atoms with Gasteiger partial charge in [-0.3, -0.25) is 4.79 Å². The molecule has 4 nitrogen and oxygen atoms in total. The fourth-order valence-corrected chi connectivity index (χ4v) is 6.30. The molecular weight excluding hydrogens is 358 g/mol. The molecule has 0 spiro atoms. The summed E-state index contributed by atoms with van der Waals surface area (Å²) in [6.07, 6.45) is 5.79. The SMILES string of the molecule is CC(C)(C)C1CCN(CCC(C)(CC2CC(=O)NC2C(C)(C)C)C2CCNC2)C1. The largest absolute Gasteiger partial charge is 0.353 e. The van der Waals surface area contributed by atoms with Crippen LogP contribution in [0.1, 0.15) is 80.6 Å².